The lowest BCUT2D eigenvalue weighted by molar-refractivity contribution is -0.133. The van der Waals surface area contributed by atoms with Gasteiger partial charge in [0.05, 0.1) is 6.33 Å². The van der Waals surface area contributed by atoms with Gasteiger partial charge in [0.25, 0.3) is 5.56 Å². The predicted octanol–water partition coefficient (Wildman–Crippen LogP) is -0.296. The lowest BCUT2D eigenvalue weighted by atomic mass is 9.97. The molecule has 0 saturated carbocycles. The van der Waals surface area contributed by atoms with Crippen LogP contribution in [0, 0.1) is 5.92 Å². The van der Waals surface area contributed by atoms with Gasteiger partial charge < -0.3 is 14.8 Å². The van der Waals surface area contributed by atoms with Gasteiger partial charge in [-0.3, -0.25) is 14.2 Å². The maximum absolute atomic E-state index is 12.7. The summed E-state index contributed by atoms with van der Waals surface area (Å²) in [5, 5.41) is 3.34. The van der Waals surface area contributed by atoms with Crippen LogP contribution in [0.1, 0.15) is 19.8 Å². The lowest BCUT2D eigenvalue weighted by Gasteiger charge is -2.32. The molecule has 0 spiro atoms. The summed E-state index contributed by atoms with van der Waals surface area (Å²) < 4.78 is 3.90. The number of aromatic nitrogens is 4. The van der Waals surface area contributed by atoms with E-state index in [2.05, 4.69) is 17.2 Å². The van der Waals surface area contributed by atoms with E-state index in [4.69, 9.17) is 0 Å². The highest BCUT2D eigenvalue weighted by Crippen LogP contribution is 2.16. The monoisotopic (exact) mass is 398 g/mol. The Hall–Kier alpha value is -2.13. The van der Waals surface area contributed by atoms with Crippen molar-refractivity contribution in [2.24, 2.45) is 20.0 Å². The summed E-state index contributed by atoms with van der Waals surface area (Å²) in [6.45, 7) is 5.09. The Morgan fingerprint density at radius 3 is 2.56 bits per heavy atom. The molecule has 2 aromatic heterocycles. The number of amides is 1. The largest absolute Gasteiger partial charge is 0.341 e. The van der Waals surface area contributed by atoms with Gasteiger partial charge in [0.15, 0.2) is 11.2 Å². The molecule has 1 fully saturated rings. The van der Waals surface area contributed by atoms with Crippen LogP contribution in [0.3, 0.4) is 0 Å². The summed E-state index contributed by atoms with van der Waals surface area (Å²) in [6.07, 6.45) is 3.37. The molecule has 27 heavy (non-hydrogen) atoms. The Bertz CT molecular complexity index is 923. The van der Waals surface area contributed by atoms with Gasteiger partial charge in [0, 0.05) is 27.2 Å². The molecule has 1 saturated heterocycles. The van der Waals surface area contributed by atoms with Gasteiger partial charge in [-0.1, -0.05) is 6.92 Å². The van der Waals surface area contributed by atoms with Gasteiger partial charge >= 0.3 is 5.69 Å². The number of piperidine rings is 1. The third-order valence-corrected chi connectivity index (χ3v) is 5.14. The number of carbonyl (C=O) groups excluding carboxylic acids is 1. The zero-order valence-corrected chi connectivity index (χ0v) is 16.8. The van der Waals surface area contributed by atoms with Crippen molar-refractivity contribution >= 4 is 29.5 Å². The van der Waals surface area contributed by atoms with Crippen molar-refractivity contribution in [3.63, 3.8) is 0 Å². The summed E-state index contributed by atoms with van der Waals surface area (Å²) in [5.41, 5.74) is -0.338. The second-order valence-electron chi connectivity index (χ2n) is 6.89. The fraction of sp³-hybridized carbons (Fsp3) is 0.647. The number of likely N-dealkylation sites (tertiary alicyclic amines) is 1. The number of aryl methyl sites for hydroxylation is 2. The van der Waals surface area contributed by atoms with Crippen LogP contribution in [0.15, 0.2) is 15.9 Å². The van der Waals surface area contributed by atoms with Crippen molar-refractivity contribution in [1.29, 1.82) is 0 Å². The highest BCUT2D eigenvalue weighted by molar-refractivity contribution is 5.85. The smallest absolute Gasteiger partial charge is 0.332 e. The molecule has 0 aromatic carbocycles. The number of imidazole rings is 1. The molecule has 10 heteroatoms. The number of hydrogen-bond donors (Lipinski definition) is 1. The molecular formula is C17H27ClN6O3. The fourth-order valence-electron chi connectivity index (χ4n) is 3.51. The van der Waals surface area contributed by atoms with Crippen molar-refractivity contribution in [2.45, 2.75) is 26.3 Å². The molecule has 1 aliphatic rings. The minimum atomic E-state index is -0.517. The van der Waals surface area contributed by atoms with E-state index in [0.717, 1.165) is 30.5 Å². The molecular weight excluding hydrogens is 372 g/mol. The third-order valence-electron chi connectivity index (χ3n) is 5.14. The van der Waals surface area contributed by atoms with Crippen LogP contribution >= 0.6 is 12.4 Å². The number of halogens is 1. The first kappa shape index (κ1) is 21.2. The Morgan fingerprint density at radius 2 is 1.93 bits per heavy atom. The zero-order chi connectivity index (χ0) is 18.8. The molecule has 1 amide bonds. The summed E-state index contributed by atoms with van der Waals surface area (Å²) in [7, 11) is 3.26. The summed E-state index contributed by atoms with van der Waals surface area (Å²) in [5.74, 6) is 0.382. The average Bonchev–Trinajstić information content (AvgIpc) is 3.03. The van der Waals surface area contributed by atoms with Crippen LogP contribution in [0.2, 0.25) is 0 Å². The van der Waals surface area contributed by atoms with Crippen LogP contribution in [0.25, 0.3) is 11.2 Å². The fourth-order valence-corrected chi connectivity index (χ4v) is 3.51. The second-order valence-corrected chi connectivity index (χ2v) is 6.89. The highest BCUT2D eigenvalue weighted by atomic mass is 35.5. The first-order chi connectivity index (χ1) is 12.4. The van der Waals surface area contributed by atoms with Gasteiger partial charge in [0.2, 0.25) is 5.91 Å². The number of nitrogens with one attached hydrogen (secondary N) is 1. The lowest BCUT2D eigenvalue weighted by Crippen LogP contribution is -2.47. The van der Waals surface area contributed by atoms with Crippen molar-refractivity contribution in [1.82, 2.24) is 28.9 Å². The Labute approximate surface area is 163 Å². The van der Waals surface area contributed by atoms with Gasteiger partial charge in [-0.2, -0.15) is 0 Å². The summed E-state index contributed by atoms with van der Waals surface area (Å²) in [4.78, 5) is 43.7. The SMILES string of the molecule is CCNCC1CCN(C(=O)Cn2c(=O)c3c(ncn3C)n(C)c2=O)CC1.Cl. The van der Waals surface area contributed by atoms with Gasteiger partial charge in [-0.25, -0.2) is 14.3 Å². The minimum Gasteiger partial charge on any atom is -0.341 e. The van der Waals surface area contributed by atoms with Crippen LogP contribution < -0.4 is 16.6 Å². The van der Waals surface area contributed by atoms with E-state index in [1.165, 1.54) is 10.9 Å². The maximum Gasteiger partial charge on any atom is 0.332 e. The van der Waals surface area contributed by atoms with Gasteiger partial charge in [-0.05, 0) is 31.8 Å². The van der Waals surface area contributed by atoms with Crippen LogP contribution in [0.5, 0.6) is 0 Å². The molecule has 3 heterocycles. The van der Waals surface area contributed by atoms with E-state index in [0.29, 0.717) is 30.2 Å². The number of carbonyl (C=O) groups is 1. The van der Waals surface area contributed by atoms with Crippen LogP contribution in [-0.4, -0.2) is 55.7 Å². The van der Waals surface area contributed by atoms with Crippen molar-refractivity contribution in [3.05, 3.63) is 27.2 Å². The molecule has 0 bridgehead atoms. The van der Waals surface area contributed by atoms with E-state index >= 15 is 0 Å². The van der Waals surface area contributed by atoms with Crippen molar-refractivity contribution < 1.29 is 4.79 Å². The molecule has 0 radical (unpaired) electrons. The molecule has 0 unspecified atom stereocenters. The molecule has 9 nitrogen and oxygen atoms in total. The maximum atomic E-state index is 12.7. The van der Waals surface area contributed by atoms with Crippen LogP contribution in [-0.2, 0) is 25.4 Å². The highest BCUT2D eigenvalue weighted by Gasteiger charge is 2.24. The second kappa shape index (κ2) is 8.71. The third kappa shape index (κ3) is 4.08. The van der Waals surface area contributed by atoms with Crippen molar-refractivity contribution in [2.75, 3.05) is 26.2 Å². The molecule has 2 aromatic rings. The number of fused-ring (bicyclic) bond motifs is 1. The standard InChI is InChI=1S/C17H26N6O3.ClH/c1-4-18-9-12-5-7-22(8-6-12)13(24)10-23-16(25)14-15(19-11-20(14)2)21(3)17(23)26;/h11-12,18H,4-10H2,1-3H3;1H. The average molecular weight is 399 g/mol. The summed E-state index contributed by atoms with van der Waals surface area (Å²) >= 11 is 0. The topological polar surface area (TPSA) is 94.2 Å². The predicted molar refractivity (Wildman–Crippen MR) is 105 cm³/mol. The Balaban J connectivity index is 0.00000261. The number of hydrogen-bond acceptors (Lipinski definition) is 5. The van der Waals surface area contributed by atoms with E-state index < -0.39 is 11.2 Å². The molecule has 0 aliphatic carbocycles. The van der Waals surface area contributed by atoms with Gasteiger partial charge in [-0.15, -0.1) is 12.4 Å². The quantitative estimate of drug-likeness (QED) is 0.746. The van der Waals surface area contributed by atoms with Gasteiger partial charge in [0.1, 0.15) is 6.54 Å². The molecule has 150 valence electrons. The number of nitrogens with zero attached hydrogens (tertiary/aromatic N) is 5. The molecule has 1 aliphatic heterocycles. The zero-order valence-electron chi connectivity index (χ0n) is 16.0. The first-order valence-electron chi connectivity index (χ1n) is 9.03. The van der Waals surface area contributed by atoms with Crippen molar-refractivity contribution in [3.8, 4) is 0 Å². The van der Waals surface area contributed by atoms with E-state index in [-0.39, 0.29) is 24.9 Å². The number of rotatable bonds is 5. The molecule has 3 rings (SSSR count). The first-order valence-corrected chi connectivity index (χ1v) is 9.03. The van der Waals surface area contributed by atoms with Crippen LogP contribution in [0.4, 0.5) is 0 Å². The Kier molecular flexibility index (Phi) is 6.83. The van der Waals surface area contributed by atoms with E-state index in [1.807, 2.05) is 0 Å². The van der Waals surface area contributed by atoms with E-state index in [1.54, 1.807) is 23.6 Å². The Morgan fingerprint density at radius 1 is 1.26 bits per heavy atom. The van der Waals surface area contributed by atoms with E-state index in [9.17, 15) is 14.4 Å². The molecule has 0 atom stereocenters. The minimum absolute atomic E-state index is 0. The summed E-state index contributed by atoms with van der Waals surface area (Å²) in [6, 6.07) is 0. The molecule has 1 N–H and O–H groups in total. The normalized spacial score (nSPS) is 15.1.